The smallest absolute Gasteiger partial charge is 0.410 e. The summed E-state index contributed by atoms with van der Waals surface area (Å²) in [4.78, 5) is 14.4. The molecule has 5 nitrogen and oxygen atoms in total. The number of aromatic nitrogens is 1. The van der Waals surface area contributed by atoms with E-state index in [1.165, 1.54) is 0 Å². The number of aryl methyl sites for hydroxylation is 1. The highest BCUT2D eigenvalue weighted by molar-refractivity contribution is 5.85. The average Bonchev–Trinajstić information content (AvgIpc) is 3.17. The van der Waals surface area contributed by atoms with Crippen molar-refractivity contribution in [1.82, 2.24) is 9.47 Å². The maximum absolute atomic E-state index is 12.6. The molecule has 1 fully saturated rings. The highest BCUT2D eigenvalue weighted by atomic mass is 16.6. The predicted octanol–water partition coefficient (Wildman–Crippen LogP) is 5.19. The number of rotatable bonds is 3. The minimum atomic E-state index is -0.496. The number of nitrogens with zero attached hydrogens (tertiary/aromatic N) is 3. The second-order valence-electron chi connectivity index (χ2n) is 8.60. The summed E-state index contributed by atoms with van der Waals surface area (Å²) in [6.45, 7) is 11.5. The molecule has 1 aromatic carbocycles. The lowest BCUT2D eigenvalue weighted by Gasteiger charge is -2.27. The van der Waals surface area contributed by atoms with E-state index in [-0.39, 0.29) is 12.1 Å². The summed E-state index contributed by atoms with van der Waals surface area (Å²) in [6.07, 6.45) is 4.89. The van der Waals surface area contributed by atoms with Gasteiger partial charge in [-0.1, -0.05) is 19.1 Å². The molecular formula is C23H29N3O2. The Morgan fingerprint density at radius 1 is 1.36 bits per heavy atom. The van der Waals surface area contributed by atoms with Crippen LogP contribution in [-0.4, -0.2) is 33.7 Å². The van der Waals surface area contributed by atoms with Gasteiger partial charge in [-0.05, 0) is 64.3 Å². The van der Waals surface area contributed by atoms with Crippen LogP contribution < -0.4 is 0 Å². The molecule has 148 valence electrons. The number of ether oxygens (including phenoxy) is 1. The van der Waals surface area contributed by atoms with Gasteiger partial charge in [0.25, 0.3) is 0 Å². The predicted molar refractivity (Wildman–Crippen MR) is 112 cm³/mol. The molecule has 2 atom stereocenters. The van der Waals surface area contributed by atoms with Gasteiger partial charge in [-0.25, -0.2) is 4.79 Å². The summed E-state index contributed by atoms with van der Waals surface area (Å²) in [5.41, 5.74) is 2.31. The van der Waals surface area contributed by atoms with Crippen molar-refractivity contribution in [2.24, 2.45) is 5.92 Å². The number of hydrogen-bond donors (Lipinski definition) is 0. The van der Waals surface area contributed by atoms with Crippen LogP contribution in [0.15, 0.2) is 30.3 Å². The lowest BCUT2D eigenvalue weighted by atomic mass is 10.1. The molecule has 2 heterocycles. The number of benzene rings is 1. The summed E-state index contributed by atoms with van der Waals surface area (Å²) in [7, 11) is 0. The maximum Gasteiger partial charge on any atom is 0.410 e. The molecule has 0 spiro atoms. The second-order valence-corrected chi connectivity index (χ2v) is 8.60. The zero-order chi connectivity index (χ0) is 20.5. The largest absolute Gasteiger partial charge is 0.444 e. The van der Waals surface area contributed by atoms with Crippen LogP contribution >= 0.6 is 0 Å². The van der Waals surface area contributed by atoms with E-state index in [4.69, 9.17) is 4.74 Å². The van der Waals surface area contributed by atoms with Crippen LogP contribution in [-0.2, 0) is 11.3 Å². The third kappa shape index (κ3) is 4.22. The first-order chi connectivity index (χ1) is 13.2. The first kappa shape index (κ1) is 20.0. The van der Waals surface area contributed by atoms with Gasteiger partial charge in [-0.2, -0.15) is 5.26 Å². The molecular weight excluding hydrogens is 350 g/mol. The third-order valence-corrected chi connectivity index (χ3v) is 5.05. The quantitative estimate of drug-likeness (QED) is 0.737. The van der Waals surface area contributed by atoms with Crippen molar-refractivity contribution in [2.45, 2.75) is 59.2 Å². The molecule has 0 unspecified atom stereocenters. The Labute approximate surface area is 167 Å². The van der Waals surface area contributed by atoms with Crippen LogP contribution in [0.2, 0.25) is 0 Å². The fourth-order valence-corrected chi connectivity index (χ4v) is 3.84. The maximum atomic E-state index is 12.6. The Hall–Kier alpha value is -2.74. The van der Waals surface area contributed by atoms with Gasteiger partial charge in [0.1, 0.15) is 5.60 Å². The van der Waals surface area contributed by atoms with E-state index >= 15 is 0 Å². The first-order valence-electron chi connectivity index (χ1n) is 9.93. The van der Waals surface area contributed by atoms with E-state index in [9.17, 15) is 10.1 Å². The molecule has 1 aromatic heterocycles. The van der Waals surface area contributed by atoms with Gasteiger partial charge in [0.05, 0.1) is 17.7 Å². The molecule has 1 aliphatic heterocycles. The zero-order valence-electron chi connectivity index (χ0n) is 17.4. The fraction of sp³-hybridized carbons (Fsp3) is 0.478. The summed E-state index contributed by atoms with van der Waals surface area (Å²) >= 11 is 0. The van der Waals surface area contributed by atoms with Crippen molar-refractivity contribution >= 4 is 23.1 Å². The number of nitriles is 1. The van der Waals surface area contributed by atoms with E-state index in [1.54, 1.807) is 0 Å². The van der Waals surface area contributed by atoms with Crippen molar-refractivity contribution in [3.8, 4) is 6.07 Å². The van der Waals surface area contributed by atoms with Crippen LogP contribution in [0.3, 0.4) is 0 Å². The van der Waals surface area contributed by atoms with E-state index in [1.807, 2.05) is 43.9 Å². The van der Waals surface area contributed by atoms with Gasteiger partial charge >= 0.3 is 6.09 Å². The number of carbonyl (C=O) groups is 1. The van der Waals surface area contributed by atoms with E-state index in [0.717, 1.165) is 29.6 Å². The van der Waals surface area contributed by atoms with Gasteiger partial charge in [-0.3, -0.25) is 0 Å². The highest BCUT2D eigenvalue weighted by Crippen LogP contribution is 2.28. The third-order valence-electron chi connectivity index (χ3n) is 5.05. The molecule has 1 amide bonds. The first-order valence-corrected chi connectivity index (χ1v) is 9.93. The molecule has 28 heavy (non-hydrogen) atoms. The van der Waals surface area contributed by atoms with E-state index in [0.29, 0.717) is 18.0 Å². The molecule has 1 saturated heterocycles. The SMILES string of the molecule is CCn1c(C=C[C@@H]2C[C@H](C)CN2C(=O)OC(C)(C)C)cc2ccc(C#N)cc21. The Bertz CT molecular complexity index is 943. The summed E-state index contributed by atoms with van der Waals surface area (Å²) in [5, 5.41) is 10.3. The van der Waals surface area contributed by atoms with Gasteiger partial charge in [0.2, 0.25) is 0 Å². The van der Waals surface area contributed by atoms with E-state index < -0.39 is 5.60 Å². The van der Waals surface area contributed by atoms with Crippen LogP contribution in [0, 0.1) is 17.2 Å². The van der Waals surface area contributed by atoms with Gasteiger partial charge in [-0.15, -0.1) is 0 Å². The Morgan fingerprint density at radius 2 is 2.11 bits per heavy atom. The molecule has 0 saturated carbocycles. The number of fused-ring (bicyclic) bond motifs is 1. The zero-order valence-corrected chi connectivity index (χ0v) is 17.4. The molecule has 5 heteroatoms. The standard InChI is InChI=1S/C23H29N3O2/c1-6-25-20(13-18-8-7-17(14-24)12-21(18)25)10-9-19-11-16(2)15-26(19)22(27)28-23(3,4)5/h7-10,12-13,16,19H,6,11,15H2,1-5H3/t16-,19+/m0/s1. The van der Waals surface area contributed by atoms with Crippen LogP contribution in [0.25, 0.3) is 17.0 Å². The minimum Gasteiger partial charge on any atom is -0.444 e. The molecule has 2 aromatic rings. The van der Waals surface area contributed by atoms with Crippen LogP contribution in [0.1, 0.15) is 52.3 Å². The van der Waals surface area contributed by atoms with Crippen molar-refractivity contribution in [3.05, 3.63) is 41.6 Å². The molecule has 0 radical (unpaired) electrons. The van der Waals surface area contributed by atoms with Gasteiger partial charge in [0, 0.05) is 29.7 Å². The summed E-state index contributed by atoms with van der Waals surface area (Å²) < 4.78 is 7.79. The van der Waals surface area contributed by atoms with Crippen LogP contribution in [0.4, 0.5) is 4.79 Å². The molecule has 3 rings (SSSR count). The summed E-state index contributed by atoms with van der Waals surface area (Å²) in [6, 6.07) is 10.1. The van der Waals surface area contributed by atoms with Crippen LogP contribution in [0.5, 0.6) is 0 Å². The molecule has 0 bridgehead atoms. The van der Waals surface area contributed by atoms with Crippen molar-refractivity contribution < 1.29 is 9.53 Å². The topological polar surface area (TPSA) is 58.3 Å². The molecule has 0 aliphatic carbocycles. The van der Waals surface area contributed by atoms with Crippen molar-refractivity contribution in [1.29, 1.82) is 5.26 Å². The Morgan fingerprint density at radius 3 is 2.75 bits per heavy atom. The Kier molecular flexibility index (Phi) is 5.51. The lowest BCUT2D eigenvalue weighted by molar-refractivity contribution is 0.0251. The Balaban J connectivity index is 1.87. The number of carbonyl (C=O) groups excluding carboxylic acids is 1. The van der Waals surface area contributed by atoms with E-state index in [2.05, 4.69) is 42.7 Å². The normalized spacial score (nSPS) is 20.1. The molecule has 0 N–H and O–H groups in total. The van der Waals surface area contributed by atoms with Crippen molar-refractivity contribution in [3.63, 3.8) is 0 Å². The highest BCUT2D eigenvalue weighted by Gasteiger charge is 2.34. The number of hydrogen-bond acceptors (Lipinski definition) is 3. The minimum absolute atomic E-state index is 0.0304. The van der Waals surface area contributed by atoms with Gasteiger partial charge in [0.15, 0.2) is 0 Å². The van der Waals surface area contributed by atoms with Crippen molar-refractivity contribution in [2.75, 3.05) is 6.54 Å². The average molecular weight is 380 g/mol. The number of amides is 1. The summed E-state index contributed by atoms with van der Waals surface area (Å²) in [5.74, 6) is 0.442. The monoisotopic (exact) mass is 379 g/mol. The lowest BCUT2D eigenvalue weighted by Crippen LogP contribution is -2.39. The van der Waals surface area contributed by atoms with Gasteiger partial charge < -0.3 is 14.2 Å². The molecule has 1 aliphatic rings. The number of likely N-dealkylation sites (tertiary alicyclic amines) is 1. The second kappa shape index (κ2) is 7.71. The fourth-order valence-electron chi connectivity index (χ4n) is 3.84.